The third kappa shape index (κ3) is 4.61. The summed E-state index contributed by atoms with van der Waals surface area (Å²) in [6.07, 6.45) is 5.01. The van der Waals surface area contributed by atoms with Gasteiger partial charge in [0.1, 0.15) is 23.2 Å². The smallest absolute Gasteiger partial charge is 0.232 e. The highest BCUT2D eigenvalue weighted by Gasteiger charge is 2.51. The van der Waals surface area contributed by atoms with E-state index in [9.17, 15) is 4.39 Å². The number of benzene rings is 1. The van der Waals surface area contributed by atoms with Crippen molar-refractivity contribution < 1.29 is 9.13 Å². The molecule has 3 N–H and O–H groups in total. The lowest BCUT2D eigenvalue weighted by molar-refractivity contribution is 0.0474. The topological polar surface area (TPSA) is 91.4 Å². The number of ether oxygens (including phenoxy) is 1. The average molecular weight is 547 g/mol. The monoisotopic (exact) mass is 546 g/mol. The van der Waals surface area contributed by atoms with Gasteiger partial charge in [0.25, 0.3) is 0 Å². The highest BCUT2D eigenvalue weighted by Crippen LogP contribution is 2.43. The zero-order valence-corrected chi connectivity index (χ0v) is 22.1. The van der Waals surface area contributed by atoms with E-state index in [1.807, 2.05) is 19.1 Å². The summed E-state index contributed by atoms with van der Waals surface area (Å²) in [5, 5.41) is 8.79. The Balaban J connectivity index is 1.29. The van der Waals surface area contributed by atoms with Crippen LogP contribution in [0, 0.1) is 23.7 Å². The Morgan fingerprint density at radius 3 is 2.61 bits per heavy atom. The molecule has 188 valence electrons. The molecule has 36 heavy (non-hydrogen) atoms. The van der Waals surface area contributed by atoms with Crippen molar-refractivity contribution in [3.05, 3.63) is 74.9 Å². The van der Waals surface area contributed by atoms with Crippen LogP contribution in [0.1, 0.15) is 22.3 Å². The van der Waals surface area contributed by atoms with Crippen LogP contribution >= 0.6 is 35.1 Å². The third-order valence-corrected chi connectivity index (χ3v) is 8.19. The van der Waals surface area contributed by atoms with E-state index < -0.39 is 5.95 Å². The van der Waals surface area contributed by atoms with Crippen molar-refractivity contribution in [1.82, 2.24) is 14.3 Å². The van der Waals surface area contributed by atoms with Crippen LogP contribution in [0.2, 0.25) is 10.0 Å². The molecule has 0 saturated carbocycles. The molecule has 2 saturated heterocycles. The first-order chi connectivity index (χ1) is 17.2. The fraction of sp³-hybridized carbons (Fsp3) is 0.320. The summed E-state index contributed by atoms with van der Waals surface area (Å²) in [7, 11) is 0. The standard InChI is InChI=1S/C25H25Cl2FN6OS/c1-14-5-19(29)16(6-20(14)35-9-17-18(26)8-32-24(28)22(17)27)23(30)15-3-4-21(31-7-15)33-10-25(11-33)12-34(13-25)36-2/h3-8,30H,9-13,29H2,1-2H3. The molecule has 0 aliphatic carbocycles. The van der Waals surface area contributed by atoms with E-state index >= 15 is 0 Å². The first-order valence-electron chi connectivity index (χ1n) is 11.3. The number of nitrogens with zero attached hydrogens (tertiary/aromatic N) is 4. The lowest BCUT2D eigenvalue weighted by Crippen LogP contribution is -2.70. The Hall–Kier alpha value is -2.59. The molecular formula is C25H25Cl2FN6OS. The van der Waals surface area contributed by atoms with Gasteiger partial charge in [-0.05, 0) is 43.0 Å². The molecule has 0 bridgehead atoms. The quantitative estimate of drug-likeness (QED) is 0.182. The van der Waals surface area contributed by atoms with Gasteiger partial charge in [-0.25, -0.2) is 14.3 Å². The predicted molar refractivity (Wildman–Crippen MR) is 144 cm³/mol. The second kappa shape index (κ2) is 9.70. The zero-order chi connectivity index (χ0) is 25.6. The minimum absolute atomic E-state index is 0.0586. The zero-order valence-electron chi connectivity index (χ0n) is 19.8. The average Bonchev–Trinajstić information content (AvgIpc) is 2.81. The number of hydrogen-bond donors (Lipinski definition) is 2. The number of rotatable bonds is 7. The van der Waals surface area contributed by atoms with Crippen molar-refractivity contribution in [3.63, 3.8) is 0 Å². The Kier molecular flexibility index (Phi) is 6.76. The van der Waals surface area contributed by atoms with Gasteiger partial charge in [0.15, 0.2) is 0 Å². The fourth-order valence-corrected chi connectivity index (χ4v) is 5.93. The molecule has 2 aliphatic heterocycles. The van der Waals surface area contributed by atoms with Gasteiger partial charge in [0, 0.05) is 66.4 Å². The van der Waals surface area contributed by atoms with Crippen LogP contribution in [0.25, 0.3) is 0 Å². The molecule has 0 unspecified atom stereocenters. The highest BCUT2D eigenvalue weighted by atomic mass is 35.5. The van der Waals surface area contributed by atoms with Crippen molar-refractivity contribution >= 4 is 52.4 Å². The molecule has 0 atom stereocenters. The minimum atomic E-state index is -0.810. The maximum absolute atomic E-state index is 13.8. The molecule has 4 heterocycles. The van der Waals surface area contributed by atoms with Crippen LogP contribution in [0.5, 0.6) is 5.75 Å². The van der Waals surface area contributed by atoms with Crippen LogP contribution < -0.4 is 15.4 Å². The van der Waals surface area contributed by atoms with E-state index in [-0.39, 0.29) is 22.4 Å². The van der Waals surface area contributed by atoms with E-state index in [0.29, 0.717) is 33.5 Å². The van der Waals surface area contributed by atoms with Crippen LogP contribution in [-0.4, -0.2) is 52.4 Å². The van der Waals surface area contributed by atoms with Gasteiger partial charge >= 0.3 is 0 Å². The van der Waals surface area contributed by atoms with Crippen molar-refractivity contribution in [1.29, 1.82) is 5.41 Å². The lowest BCUT2D eigenvalue weighted by Gasteiger charge is -2.60. The molecule has 11 heteroatoms. The number of hydrogen-bond acceptors (Lipinski definition) is 8. The number of anilines is 2. The molecule has 3 aromatic rings. The van der Waals surface area contributed by atoms with Gasteiger partial charge in [-0.3, -0.25) is 5.41 Å². The summed E-state index contributed by atoms with van der Waals surface area (Å²) in [4.78, 5) is 10.4. The summed E-state index contributed by atoms with van der Waals surface area (Å²) in [6, 6.07) is 7.29. The highest BCUT2D eigenvalue weighted by molar-refractivity contribution is 7.96. The van der Waals surface area contributed by atoms with Gasteiger partial charge in [0.05, 0.1) is 10.7 Å². The largest absolute Gasteiger partial charge is 0.488 e. The van der Waals surface area contributed by atoms with E-state index in [1.165, 1.54) is 6.20 Å². The summed E-state index contributed by atoms with van der Waals surface area (Å²) in [6.45, 7) is 6.05. The number of aromatic nitrogens is 2. The van der Waals surface area contributed by atoms with Gasteiger partial charge in [-0.2, -0.15) is 4.39 Å². The number of nitrogens with two attached hydrogens (primary N) is 1. The molecule has 2 aliphatic rings. The molecule has 7 nitrogen and oxygen atoms in total. The molecule has 2 fully saturated rings. The molecular weight excluding hydrogens is 522 g/mol. The first kappa shape index (κ1) is 25.1. The molecule has 0 radical (unpaired) electrons. The number of nitrogen functional groups attached to an aromatic ring is 1. The Labute approximate surface area is 223 Å². The molecule has 1 spiro atoms. The molecule has 1 aromatic carbocycles. The van der Waals surface area contributed by atoms with Crippen molar-refractivity contribution in [3.8, 4) is 5.75 Å². The maximum Gasteiger partial charge on any atom is 0.232 e. The van der Waals surface area contributed by atoms with E-state index in [0.717, 1.165) is 37.6 Å². The Bertz CT molecular complexity index is 1330. The number of pyridine rings is 2. The summed E-state index contributed by atoms with van der Waals surface area (Å²) in [5.41, 5.74) is 9.57. The minimum Gasteiger partial charge on any atom is -0.488 e. The molecule has 0 amide bonds. The van der Waals surface area contributed by atoms with Crippen molar-refractivity contribution in [2.45, 2.75) is 13.5 Å². The first-order valence-corrected chi connectivity index (χ1v) is 13.2. The summed E-state index contributed by atoms with van der Waals surface area (Å²) < 4.78 is 22.0. The molecule has 2 aromatic heterocycles. The van der Waals surface area contributed by atoms with E-state index in [4.69, 9.17) is 39.1 Å². The number of aryl methyl sites for hydroxylation is 1. The summed E-state index contributed by atoms with van der Waals surface area (Å²) >= 11 is 13.9. The van der Waals surface area contributed by atoms with Gasteiger partial charge < -0.3 is 15.4 Å². The van der Waals surface area contributed by atoms with Crippen LogP contribution in [-0.2, 0) is 6.61 Å². The lowest BCUT2D eigenvalue weighted by atomic mass is 9.74. The van der Waals surface area contributed by atoms with Crippen LogP contribution in [0.15, 0.2) is 36.7 Å². The van der Waals surface area contributed by atoms with Crippen molar-refractivity contribution in [2.24, 2.45) is 5.41 Å². The Morgan fingerprint density at radius 2 is 1.94 bits per heavy atom. The Morgan fingerprint density at radius 1 is 1.19 bits per heavy atom. The van der Waals surface area contributed by atoms with E-state index in [1.54, 1.807) is 30.3 Å². The maximum atomic E-state index is 13.8. The van der Waals surface area contributed by atoms with Crippen LogP contribution in [0.4, 0.5) is 15.9 Å². The second-order valence-electron chi connectivity index (χ2n) is 9.30. The van der Waals surface area contributed by atoms with Gasteiger partial charge in [-0.15, -0.1) is 0 Å². The fourth-order valence-electron chi connectivity index (χ4n) is 4.67. The SMILES string of the molecule is CSN1CC2(C1)CN(c1ccc(C(=N)c3cc(OCc4c(Cl)cnc(F)c4Cl)c(C)cc3N)cn1)C2. The second-order valence-corrected chi connectivity index (χ2v) is 11.0. The molecule has 5 rings (SSSR count). The number of halogens is 3. The number of nitrogens with one attached hydrogen (secondary N) is 1. The van der Waals surface area contributed by atoms with Gasteiger partial charge in [-0.1, -0.05) is 35.1 Å². The summed E-state index contributed by atoms with van der Waals surface area (Å²) in [5.74, 6) is 0.595. The van der Waals surface area contributed by atoms with E-state index in [2.05, 4.69) is 25.4 Å². The normalized spacial score (nSPS) is 16.5. The third-order valence-electron chi connectivity index (χ3n) is 6.71. The van der Waals surface area contributed by atoms with Crippen molar-refractivity contribution in [2.75, 3.05) is 43.1 Å². The van der Waals surface area contributed by atoms with Gasteiger partial charge in [0.2, 0.25) is 5.95 Å². The van der Waals surface area contributed by atoms with Crippen LogP contribution in [0.3, 0.4) is 0 Å². The predicted octanol–water partition coefficient (Wildman–Crippen LogP) is 5.21.